The van der Waals surface area contributed by atoms with E-state index in [9.17, 15) is 4.79 Å². The number of rotatable bonds is 6. The molecule has 5 nitrogen and oxygen atoms in total. The van der Waals surface area contributed by atoms with Gasteiger partial charge in [0.2, 0.25) is 0 Å². The summed E-state index contributed by atoms with van der Waals surface area (Å²) in [7, 11) is 0. The Hall–Kier alpha value is -2.43. The lowest BCUT2D eigenvalue weighted by Gasteiger charge is -2.22. The van der Waals surface area contributed by atoms with Crippen LogP contribution in [0, 0.1) is 5.92 Å². The van der Waals surface area contributed by atoms with E-state index < -0.39 is 0 Å². The maximum Gasteiger partial charge on any atom is 0.270 e. The van der Waals surface area contributed by atoms with Gasteiger partial charge in [-0.25, -0.2) is 9.97 Å². The van der Waals surface area contributed by atoms with Crippen LogP contribution in [0.15, 0.2) is 36.4 Å². The zero-order valence-electron chi connectivity index (χ0n) is 15.7. The Morgan fingerprint density at radius 2 is 1.85 bits per heavy atom. The second-order valence-corrected chi connectivity index (χ2v) is 7.41. The molecule has 2 N–H and O–H groups in total. The minimum absolute atomic E-state index is 0.107. The number of carbonyl (C=O) groups excluding carboxylic acids is 1. The van der Waals surface area contributed by atoms with Gasteiger partial charge in [0.25, 0.3) is 5.91 Å². The van der Waals surface area contributed by atoms with Gasteiger partial charge in [0, 0.05) is 24.2 Å². The Balaban J connectivity index is 1.84. The van der Waals surface area contributed by atoms with E-state index in [2.05, 4.69) is 34.4 Å². The van der Waals surface area contributed by atoms with Gasteiger partial charge in [-0.05, 0) is 18.8 Å². The number of hydrogen-bond acceptors (Lipinski definition) is 4. The van der Waals surface area contributed by atoms with Gasteiger partial charge in [0.1, 0.15) is 11.5 Å². The third-order valence-electron chi connectivity index (χ3n) is 4.62. The van der Waals surface area contributed by atoms with Crippen LogP contribution in [-0.4, -0.2) is 28.5 Å². The Labute approximate surface area is 155 Å². The third kappa shape index (κ3) is 5.04. The molecular weight excluding hydrogens is 324 g/mol. The largest absolute Gasteiger partial charge is 0.370 e. The van der Waals surface area contributed by atoms with Crippen molar-refractivity contribution in [1.29, 1.82) is 0 Å². The van der Waals surface area contributed by atoms with Crippen molar-refractivity contribution < 1.29 is 4.79 Å². The molecule has 0 bridgehead atoms. The van der Waals surface area contributed by atoms with Gasteiger partial charge in [-0.1, -0.05) is 63.4 Å². The monoisotopic (exact) mass is 352 g/mol. The van der Waals surface area contributed by atoms with Crippen LogP contribution < -0.4 is 10.6 Å². The van der Waals surface area contributed by atoms with Gasteiger partial charge in [-0.3, -0.25) is 4.79 Å². The maximum absolute atomic E-state index is 12.8. The van der Waals surface area contributed by atoms with Crippen molar-refractivity contribution in [3.63, 3.8) is 0 Å². The lowest BCUT2D eigenvalue weighted by atomic mass is 9.95. The van der Waals surface area contributed by atoms with Crippen molar-refractivity contribution in [2.75, 3.05) is 11.9 Å². The van der Waals surface area contributed by atoms with Crippen LogP contribution in [-0.2, 0) is 0 Å². The molecule has 1 amide bonds. The van der Waals surface area contributed by atoms with E-state index in [0.29, 0.717) is 23.3 Å². The van der Waals surface area contributed by atoms with Crippen molar-refractivity contribution in [1.82, 2.24) is 15.3 Å². The van der Waals surface area contributed by atoms with Crippen molar-refractivity contribution in [2.45, 2.75) is 52.0 Å². The van der Waals surface area contributed by atoms with Gasteiger partial charge in [-0.15, -0.1) is 0 Å². The summed E-state index contributed by atoms with van der Waals surface area (Å²) < 4.78 is 0. The van der Waals surface area contributed by atoms with Crippen LogP contribution in [0.1, 0.15) is 56.4 Å². The summed E-state index contributed by atoms with van der Waals surface area (Å²) in [6.07, 6.45) is 5.75. The summed E-state index contributed by atoms with van der Waals surface area (Å²) in [6.45, 7) is 5.08. The van der Waals surface area contributed by atoms with Crippen molar-refractivity contribution >= 4 is 11.7 Å². The molecule has 0 spiro atoms. The summed E-state index contributed by atoms with van der Waals surface area (Å²) in [4.78, 5) is 21.9. The normalized spacial score (nSPS) is 15.0. The van der Waals surface area contributed by atoms with Gasteiger partial charge in [-0.2, -0.15) is 0 Å². The number of benzene rings is 1. The predicted molar refractivity (Wildman–Crippen MR) is 105 cm³/mol. The van der Waals surface area contributed by atoms with E-state index >= 15 is 0 Å². The van der Waals surface area contributed by atoms with E-state index in [1.54, 1.807) is 6.07 Å². The SMILES string of the molecule is CC(C)CNc1cc(C(=O)NC2CCCCC2)nc(-c2ccccc2)n1. The van der Waals surface area contributed by atoms with Gasteiger partial charge >= 0.3 is 0 Å². The van der Waals surface area contributed by atoms with Crippen LogP contribution in [0.3, 0.4) is 0 Å². The lowest BCUT2D eigenvalue weighted by Crippen LogP contribution is -2.36. The highest BCUT2D eigenvalue weighted by Crippen LogP contribution is 2.20. The molecule has 0 unspecified atom stereocenters. The highest BCUT2D eigenvalue weighted by Gasteiger charge is 2.19. The Morgan fingerprint density at radius 3 is 2.54 bits per heavy atom. The Kier molecular flexibility index (Phi) is 6.21. The summed E-state index contributed by atoms with van der Waals surface area (Å²) in [6, 6.07) is 11.8. The molecule has 1 saturated carbocycles. The van der Waals surface area contributed by atoms with Crippen LogP contribution in [0.2, 0.25) is 0 Å². The number of nitrogens with zero attached hydrogens (tertiary/aromatic N) is 2. The average molecular weight is 352 g/mol. The number of anilines is 1. The molecule has 5 heteroatoms. The number of hydrogen-bond donors (Lipinski definition) is 2. The molecule has 0 atom stereocenters. The highest BCUT2D eigenvalue weighted by molar-refractivity contribution is 5.93. The highest BCUT2D eigenvalue weighted by atomic mass is 16.1. The maximum atomic E-state index is 12.8. The fourth-order valence-corrected chi connectivity index (χ4v) is 3.19. The second-order valence-electron chi connectivity index (χ2n) is 7.41. The van der Waals surface area contributed by atoms with Gasteiger partial charge in [0.05, 0.1) is 0 Å². The minimum atomic E-state index is -0.107. The molecule has 0 radical (unpaired) electrons. The summed E-state index contributed by atoms with van der Waals surface area (Å²) in [5.74, 6) is 1.66. The van der Waals surface area contributed by atoms with Crippen molar-refractivity contribution in [3.05, 3.63) is 42.1 Å². The first-order valence-corrected chi connectivity index (χ1v) is 9.61. The molecule has 0 aliphatic heterocycles. The summed E-state index contributed by atoms with van der Waals surface area (Å²) in [5.41, 5.74) is 1.34. The van der Waals surface area contributed by atoms with Crippen LogP contribution in [0.25, 0.3) is 11.4 Å². The molecule has 1 heterocycles. The number of nitrogens with one attached hydrogen (secondary N) is 2. The molecule has 2 aromatic rings. The summed E-state index contributed by atoms with van der Waals surface area (Å²) in [5, 5.41) is 6.47. The van der Waals surface area contributed by atoms with Gasteiger partial charge < -0.3 is 10.6 Å². The Bertz CT molecular complexity index is 724. The molecule has 1 aliphatic rings. The zero-order valence-corrected chi connectivity index (χ0v) is 15.7. The zero-order chi connectivity index (χ0) is 18.4. The van der Waals surface area contributed by atoms with Crippen molar-refractivity contribution in [3.8, 4) is 11.4 Å². The first-order valence-electron chi connectivity index (χ1n) is 9.61. The molecule has 1 fully saturated rings. The average Bonchev–Trinajstić information content (AvgIpc) is 2.67. The number of amides is 1. The quantitative estimate of drug-likeness (QED) is 0.814. The second kappa shape index (κ2) is 8.79. The molecule has 3 rings (SSSR count). The van der Waals surface area contributed by atoms with Crippen molar-refractivity contribution in [2.24, 2.45) is 5.92 Å². The minimum Gasteiger partial charge on any atom is -0.370 e. The number of carbonyl (C=O) groups is 1. The topological polar surface area (TPSA) is 66.9 Å². The molecular formula is C21H28N4O. The smallest absolute Gasteiger partial charge is 0.270 e. The third-order valence-corrected chi connectivity index (χ3v) is 4.62. The first kappa shape index (κ1) is 18.4. The standard InChI is InChI=1S/C21H28N4O/c1-15(2)14-22-19-13-18(21(26)23-17-11-7-4-8-12-17)24-20(25-19)16-9-5-3-6-10-16/h3,5-6,9-10,13,15,17H,4,7-8,11-12,14H2,1-2H3,(H,23,26)(H,22,24,25). The van der Waals surface area contributed by atoms with E-state index in [0.717, 1.165) is 24.9 Å². The van der Waals surface area contributed by atoms with E-state index in [1.165, 1.54) is 19.3 Å². The predicted octanol–water partition coefficient (Wildman–Crippen LogP) is 4.27. The van der Waals surface area contributed by atoms with Crippen LogP contribution in [0.4, 0.5) is 5.82 Å². The van der Waals surface area contributed by atoms with E-state index in [1.807, 2.05) is 30.3 Å². The molecule has 0 saturated heterocycles. The van der Waals surface area contributed by atoms with Gasteiger partial charge in [0.15, 0.2) is 5.82 Å². The van der Waals surface area contributed by atoms with Crippen LogP contribution >= 0.6 is 0 Å². The first-order chi connectivity index (χ1) is 12.6. The molecule has 1 aliphatic carbocycles. The fourth-order valence-electron chi connectivity index (χ4n) is 3.19. The lowest BCUT2D eigenvalue weighted by molar-refractivity contribution is 0.0922. The fraction of sp³-hybridized carbons (Fsp3) is 0.476. The molecule has 26 heavy (non-hydrogen) atoms. The molecule has 138 valence electrons. The van der Waals surface area contributed by atoms with Crippen LogP contribution in [0.5, 0.6) is 0 Å². The van der Waals surface area contributed by atoms with E-state index in [4.69, 9.17) is 0 Å². The summed E-state index contributed by atoms with van der Waals surface area (Å²) >= 11 is 0. The van der Waals surface area contributed by atoms with E-state index in [-0.39, 0.29) is 11.9 Å². The Morgan fingerprint density at radius 1 is 1.12 bits per heavy atom. The number of aromatic nitrogens is 2. The molecule has 1 aromatic carbocycles. The molecule has 1 aromatic heterocycles.